The highest BCUT2D eigenvalue weighted by molar-refractivity contribution is 7.11. The zero-order valence-corrected chi connectivity index (χ0v) is 14.7. The minimum Gasteiger partial charge on any atom is -0.310 e. The van der Waals surface area contributed by atoms with Crippen molar-refractivity contribution < 1.29 is 0 Å². The van der Waals surface area contributed by atoms with Crippen LogP contribution in [-0.2, 0) is 18.4 Å². The van der Waals surface area contributed by atoms with E-state index in [9.17, 15) is 0 Å². The summed E-state index contributed by atoms with van der Waals surface area (Å²) >= 11 is 1.88. The first-order valence-electron chi connectivity index (χ1n) is 7.21. The molecule has 0 saturated carbocycles. The molecule has 1 rings (SSSR count). The van der Waals surface area contributed by atoms with Crippen LogP contribution in [0, 0.1) is 5.41 Å². The van der Waals surface area contributed by atoms with E-state index in [4.69, 9.17) is 4.98 Å². The maximum absolute atomic E-state index is 4.92. The molecular weight excluding hydrogens is 252 g/mol. The van der Waals surface area contributed by atoms with Crippen LogP contribution in [0.1, 0.15) is 71.0 Å². The molecule has 0 saturated heterocycles. The minimum absolute atomic E-state index is 0.126. The molecule has 0 aliphatic heterocycles. The summed E-state index contributed by atoms with van der Waals surface area (Å²) in [5, 5.41) is 4.80. The van der Waals surface area contributed by atoms with Crippen LogP contribution in [0.15, 0.2) is 0 Å². The summed E-state index contributed by atoms with van der Waals surface area (Å²) in [7, 11) is 0. The summed E-state index contributed by atoms with van der Waals surface area (Å²) in [6.45, 7) is 18.9. The topological polar surface area (TPSA) is 24.9 Å². The Hall–Kier alpha value is -0.410. The molecule has 110 valence electrons. The molecule has 0 amide bonds. The molecule has 1 aromatic rings. The zero-order valence-electron chi connectivity index (χ0n) is 13.8. The van der Waals surface area contributed by atoms with Gasteiger partial charge in [-0.1, -0.05) is 55.4 Å². The van der Waals surface area contributed by atoms with Crippen molar-refractivity contribution in [1.29, 1.82) is 0 Å². The fourth-order valence-corrected chi connectivity index (χ4v) is 3.46. The second-order valence-electron chi connectivity index (χ2n) is 7.90. The highest BCUT2D eigenvalue weighted by Gasteiger charge is 2.24. The Labute approximate surface area is 123 Å². The monoisotopic (exact) mass is 282 g/mol. The van der Waals surface area contributed by atoms with Crippen molar-refractivity contribution in [3.63, 3.8) is 0 Å². The molecule has 0 radical (unpaired) electrons. The van der Waals surface area contributed by atoms with E-state index in [-0.39, 0.29) is 5.41 Å². The van der Waals surface area contributed by atoms with Crippen LogP contribution in [0.4, 0.5) is 0 Å². The van der Waals surface area contributed by atoms with Crippen molar-refractivity contribution in [1.82, 2.24) is 10.3 Å². The summed E-state index contributed by atoms with van der Waals surface area (Å²) < 4.78 is 0. The van der Waals surface area contributed by atoms with Gasteiger partial charge in [0, 0.05) is 29.3 Å². The second kappa shape index (κ2) is 5.92. The standard InChI is InChI=1S/C16H30N2S/c1-11(2)17-10-12-14(16(6,7)8)18-13(19-12)9-15(3,4)5/h11,17H,9-10H2,1-8H3. The molecule has 0 atom stereocenters. The fourth-order valence-electron chi connectivity index (χ4n) is 1.93. The van der Waals surface area contributed by atoms with Gasteiger partial charge >= 0.3 is 0 Å². The Bertz CT molecular complexity index is 405. The third kappa shape index (κ3) is 5.62. The Morgan fingerprint density at radius 2 is 1.68 bits per heavy atom. The molecule has 19 heavy (non-hydrogen) atoms. The third-order valence-corrected chi connectivity index (χ3v) is 3.86. The lowest BCUT2D eigenvalue weighted by molar-refractivity contribution is 0.409. The van der Waals surface area contributed by atoms with Crippen molar-refractivity contribution in [2.24, 2.45) is 5.41 Å². The van der Waals surface area contributed by atoms with Gasteiger partial charge in [0.15, 0.2) is 0 Å². The first-order chi connectivity index (χ1) is 8.49. The van der Waals surface area contributed by atoms with Gasteiger partial charge in [-0.15, -0.1) is 11.3 Å². The average molecular weight is 282 g/mol. The Morgan fingerprint density at radius 3 is 2.11 bits per heavy atom. The Balaban J connectivity index is 2.99. The molecule has 1 heterocycles. The lowest BCUT2D eigenvalue weighted by atomic mass is 9.90. The van der Waals surface area contributed by atoms with Gasteiger partial charge in [-0.05, 0) is 5.41 Å². The number of hydrogen-bond donors (Lipinski definition) is 1. The van der Waals surface area contributed by atoms with E-state index < -0.39 is 0 Å². The van der Waals surface area contributed by atoms with Crippen LogP contribution in [0.5, 0.6) is 0 Å². The third-order valence-electron chi connectivity index (χ3n) is 2.80. The van der Waals surface area contributed by atoms with Gasteiger partial charge in [-0.3, -0.25) is 0 Å². The molecule has 0 unspecified atom stereocenters. The van der Waals surface area contributed by atoms with Crippen LogP contribution in [-0.4, -0.2) is 11.0 Å². The molecule has 1 aromatic heterocycles. The molecule has 0 aliphatic rings. The van der Waals surface area contributed by atoms with Crippen LogP contribution in [0.25, 0.3) is 0 Å². The van der Waals surface area contributed by atoms with Gasteiger partial charge in [0.05, 0.1) is 10.7 Å². The van der Waals surface area contributed by atoms with E-state index in [1.165, 1.54) is 15.6 Å². The van der Waals surface area contributed by atoms with Gasteiger partial charge in [0.1, 0.15) is 0 Å². The normalized spacial score (nSPS) is 13.3. The van der Waals surface area contributed by atoms with E-state index >= 15 is 0 Å². The highest BCUT2D eigenvalue weighted by Crippen LogP contribution is 2.32. The van der Waals surface area contributed by atoms with Gasteiger partial charge in [-0.25, -0.2) is 4.98 Å². The van der Waals surface area contributed by atoms with Crippen molar-refractivity contribution in [3.8, 4) is 0 Å². The Morgan fingerprint density at radius 1 is 1.11 bits per heavy atom. The molecule has 0 spiro atoms. The van der Waals surface area contributed by atoms with E-state index in [0.29, 0.717) is 11.5 Å². The number of nitrogens with zero attached hydrogens (tertiary/aromatic N) is 1. The largest absolute Gasteiger partial charge is 0.310 e. The SMILES string of the molecule is CC(C)NCc1sc(CC(C)(C)C)nc1C(C)(C)C. The molecule has 1 N–H and O–H groups in total. The summed E-state index contributed by atoms with van der Waals surface area (Å²) in [5.74, 6) is 0. The predicted octanol–water partition coefficient (Wildman–Crippen LogP) is 4.53. The van der Waals surface area contributed by atoms with Crippen LogP contribution >= 0.6 is 11.3 Å². The first-order valence-corrected chi connectivity index (χ1v) is 8.03. The lowest BCUT2D eigenvalue weighted by Gasteiger charge is -2.18. The average Bonchev–Trinajstić information content (AvgIpc) is 2.54. The van der Waals surface area contributed by atoms with Crippen molar-refractivity contribution >= 4 is 11.3 Å². The minimum atomic E-state index is 0.126. The summed E-state index contributed by atoms with van der Waals surface area (Å²) in [5.41, 5.74) is 1.70. The second-order valence-corrected chi connectivity index (χ2v) is 9.07. The van der Waals surface area contributed by atoms with Crippen LogP contribution < -0.4 is 5.32 Å². The van der Waals surface area contributed by atoms with Crippen molar-refractivity contribution in [3.05, 3.63) is 15.6 Å². The van der Waals surface area contributed by atoms with Gasteiger partial charge in [0.25, 0.3) is 0 Å². The molecule has 0 aromatic carbocycles. The van der Waals surface area contributed by atoms with Gasteiger partial charge in [0.2, 0.25) is 0 Å². The maximum atomic E-state index is 4.92. The molecule has 0 aliphatic carbocycles. The quantitative estimate of drug-likeness (QED) is 0.878. The molecule has 3 heteroatoms. The van der Waals surface area contributed by atoms with E-state index in [0.717, 1.165) is 13.0 Å². The van der Waals surface area contributed by atoms with Crippen molar-refractivity contribution in [2.45, 2.75) is 79.8 Å². The van der Waals surface area contributed by atoms with E-state index in [1.807, 2.05) is 11.3 Å². The first kappa shape index (κ1) is 16.6. The number of aromatic nitrogens is 1. The predicted molar refractivity (Wildman–Crippen MR) is 85.9 cm³/mol. The zero-order chi connectivity index (χ0) is 14.8. The number of thiazole rings is 1. The highest BCUT2D eigenvalue weighted by atomic mass is 32.1. The smallest absolute Gasteiger partial charge is 0.0937 e. The lowest BCUT2D eigenvalue weighted by Crippen LogP contribution is -2.23. The molecule has 0 bridgehead atoms. The van der Waals surface area contributed by atoms with E-state index in [2.05, 4.69) is 60.7 Å². The number of hydrogen-bond acceptors (Lipinski definition) is 3. The van der Waals surface area contributed by atoms with Crippen molar-refractivity contribution in [2.75, 3.05) is 0 Å². The van der Waals surface area contributed by atoms with Gasteiger partial charge < -0.3 is 5.32 Å². The summed E-state index contributed by atoms with van der Waals surface area (Å²) in [6, 6.07) is 0.515. The molecule has 0 fully saturated rings. The number of rotatable bonds is 4. The summed E-state index contributed by atoms with van der Waals surface area (Å²) in [6.07, 6.45) is 1.06. The van der Waals surface area contributed by atoms with Crippen LogP contribution in [0.3, 0.4) is 0 Å². The fraction of sp³-hybridized carbons (Fsp3) is 0.812. The van der Waals surface area contributed by atoms with Crippen LogP contribution in [0.2, 0.25) is 0 Å². The number of nitrogens with one attached hydrogen (secondary N) is 1. The molecule has 2 nitrogen and oxygen atoms in total. The van der Waals surface area contributed by atoms with Gasteiger partial charge in [-0.2, -0.15) is 0 Å². The Kier molecular flexibility index (Phi) is 5.19. The maximum Gasteiger partial charge on any atom is 0.0937 e. The summed E-state index contributed by atoms with van der Waals surface area (Å²) in [4.78, 5) is 6.33. The van der Waals surface area contributed by atoms with E-state index in [1.54, 1.807) is 0 Å². The molecular formula is C16H30N2S.